The highest BCUT2D eigenvalue weighted by Gasteiger charge is 2.26. The zero-order chi connectivity index (χ0) is 37.3. The summed E-state index contributed by atoms with van der Waals surface area (Å²) in [6.07, 6.45) is 2.93. The van der Waals surface area contributed by atoms with Crippen molar-refractivity contribution >= 4 is 33.4 Å². The van der Waals surface area contributed by atoms with Gasteiger partial charge in [-0.15, -0.1) is 0 Å². The molecule has 1 aromatic heterocycles. The van der Waals surface area contributed by atoms with Crippen molar-refractivity contribution in [1.82, 2.24) is 25.3 Å². The first kappa shape index (κ1) is 38.7. The van der Waals surface area contributed by atoms with Gasteiger partial charge < -0.3 is 25.4 Å². The number of carbonyl (C=O) groups is 3. The first-order chi connectivity index (χ1) is 24.2. The van der Waals surface area contributed by atoms with Gasteiger partial charge in [-0.25, -0.2) is 12.8 Å². The fraction of sp³-hybridized carbons (Fsp3) is 0.333. The molecule has 0 radical (unpaired) electrons. The number of methoxy groups -OCH3 is 1. The quantitative estimate of drug-likeness (QED) is 0.159. The van der Waals surface area contributed by atoms with Crippen molar-refractivity contribution in [2.24, 2.45) is 0 Å². The van der Waals surface area contributed by atoms with Crippen molar-refractivity contribution in [3.8, 4) is 0 Å². The lowest BCUT2D eigenvalue weighted by Crippen LogP contribution is -2.46. The Morgan fingerprint density at radius 2 is 1.59 bits per heavy atom. The number of sulfonamides is 1. The summed E-state index contributed by atoms with van der Waals surface area (Å²) in [4.78, 5) is 41.6. The number of halogens is 1. The van der Waals surface area contributed by atoms with Crippen molar-refractivity contribution < 1.29 is 37.0 Å². The topological polar surface area (TPSA) is 163 Å². The molecule has 4 aromatic rings. The van der Waals surface area contributed by atoms with Crippen LogP contribution in [0.25, 0.3) is 0 Å². The summed E-state index contributed by atoms with van der Waals surface area (Å²) in [5.41, 5.74) is 1.81. The fourth-order valence-corrected chi connectivity index (χ4v) is 5.70. The van der Waals surface area contributed by atoms with E-state index >= 15 is 0 Å². The van der Waals surface area contributed by atoms with E-state index in [0.717, 1.165) is 16.1 Å². The van der Waals surface area contributed by atoms with E-state index in [1.165, 1.54) is 71.5 Å². The SMILES string of the molecule is COCCN(C)C(=O)c1cnn(C[C@H](O)[C@H](Cc2ccccc2)NC(=O)c2cc(C(=O)N[C@H](C)c3ccc(F)cc3)cc(N(C)S(C)(=O)=O)c2)c1. The van der Waals surface area contributed by atoms with Crippen LogP contribution in [-0.2, 0) is 27.7 Å². The molecule has 3 N–H and O–H groups in total. The number of amides is 3. The summed E-state index contributed by atoms with van der Waals surface area (Å²) in [5, 5.41) is 21.4. The Bertz CT molecular complexity index is 1920. The largest absolute Gasteiger partial charge is 0.389 e. The minimum absolute atomic E-state index is 0.00599. The molecule has 0 saturated heterocycles. The average molecular weight is 723 g/mol. The standard InChI is InChI=1S/C36H43FN6O7S/c1-24(26-11-13-30(37)14-12-26)39-34(45)27-18-28(20-31(19-27)42(3)51(5,48)49)35(46)40-32(17-25-9-7-6-8-10-25)33(44)23-43-22-29(21-38-43)36(47)41(2)15-16-50-4/h6-14,18-22,24,32-33,44H,15-17,23H2,1-5H3,(H,39,45)(H,40,46)/t24-,32+,33+/m1/s1. The molecule has 15 heteroatoms. The number of ether oxygens (including phenoxy) is 1. The number of nitrogens with one attached hydrogen (secondary N) is 2. The van der Waals surface area contributed by atoms with E-state index in [1.807, 2.05) is 30.3 Å². The van der Waals surface area contributed by atoms with E-state index in [9.17, 15) is 32.3 Å². The van der Waals surface area contributed by atoms with Gasteiger partial charge in [-0.1, -0.05) is 42.5 Å². The number of nitrogens with zero attached hydrogens (tertiary/aromatic N) is 4. The Labute approximate surface area is 297 Å². The molecule has 3 atom stereocenters. The van der Waals surface area contributed by atoms with Gasteiger partial charge in [0.25, 0.3) is 17.7 Å². The average Bonchev–Trinajstić information content (AvgIpc) is 3.57. The van der Waals surface area contributed by atoms with Gasteiger partial charge in [-0.05, 0) is 54.8 Å². The van der Waals surface area contributed by atoms with Crippen LogP contribution < -0.4 is 14.9 Å². The third kappa shape index (κ3) is 10.7. The van der Waals surface area contributed by atoms with E-state index in [-0.39, 0.29) is 35.7 Å². The van der Waals surface area contributed by atoms with Gasteiger partial charge >= 0.3 is 0 Å². The number of carbonyl (C=O) groups excluding carboxylic acids is 3. The van der Waals surface area contributed by atoms with Crippen LogP contribution in [0.1, 0.15) is 55.2 Å². The highest BCUT2D eigenvalue weighted by molar-refractivity contribution is 7.92. The summed E-state index contributed by atoms with van der Waals surface area (Å²) in [6, 6.07) is 17.4. The molecule has 3 amide bonds. The Morgan fingerprint density at radius 1 is 0.961 bits per heavy atom. The predicted octanol–water partition coefficient (Wildman–Crippen LogP) is 3.03. The number of likely N-dealkylation sites (N-methyl/N-ethyl adjacent to an activating group) is 1. The summed E-state index contributed by atoms with van der Waals surface area (Å²) < 4.78 is 45.8. The summed E-state index contributed by atoms with van der Waals surface area (Å²) in [6.45, 7) is 2.38. The number of rotatable bonds is 16. The van der Waals surface area contributed by atoms with E-state index in [4.69, 9.17) is 4.74 Å². The predicted molar refractivity (Wildman–Crippen MR) is 190 cm³/mol. The maximum atomic E-state index is 13.9. The van der Waals surface area contributed by atoms with Gasteiger partial charge in [0.15, 0.2) is 0 Å². The highest BCUT2D eigenvalue weighted by Crippen LogP contribution is 2.23. The summed E-state index contributed by atoms with van der Waals surface area (Å²) in [5.74, 6) is -1.96. The molecule has 0 spiro atoms. The molecule has 13 nitrogen and oxygen atoms in total. The lowest BCUT2D eigenvalue weighted by atomic mass is 10.00. The lowest BCUT2D eigenvalue weighted by Gasteiger charge is -2.25. The zero-order valence-corrected chi connectivity index (χ0v) is 29.9. The molecule has 272 valence electrons. The molecular formula is C36H43FN6O7S. The molecule has 0 aliphatic carbocycles. The summed E-state index contributed by atoms with van der Waals surface area (Å²) >= 11 is 0. The van der Waals surface area contributed by atoms with Gasteiger partial charge in [-0.2, -0.15) is 5.10 Å². The van der Waals surface area contributed by atoms with E-state index < -0.39 is 45.8 Å². The number of aliphatic hydroxyl groups is 1. The molecule has 0 fully saturated rings. The lowest BCUT2D eigenvalue weighted by molar-refractivity contribution is 0.0743. The van der Waals surface area contributed by atoms with E-state index in [0.29, 0.717) is 24.3 Å². The van der Waals surface area contributed by atoms with Gasteiger partial charge in [0.1, 0.15) is 5.82 Å². The summed E-state index contributed by atoms with van der Waals surface area (Å²) in [7, 11) is 0.700. The van der Waals surface area contributed by atoms with E-state index in [2.05, 4.69) is 15.7 Å². The monoisotopic (exact) mass is 722 g/mol. The number of anilines is 1. The third-order valence-corrected chi connectivity index (χ3v) is 9.54. The number of aromatic nitrogens is 2. The fourth-order valence-electron chi connectivity index (χ4n) is 5.21. The van der Waals surface area contributed by atoms with Gasteiger partial charge in [0.05, 0.1) is 55.0 Å². The van der Waals surface area contributed by atoms with Gasteiger partial charge in [0, 0.05) is 45.1 Å². The van der Waals surface area contributed by atoms with Crippen molar-refractivity contribution in [2.75, 3.05) is 44.9 Å². The highest BCUT2D eigenvalue weighted by atomic mass is 32.2. The van der Waals surface area contributed by atoms with Crippen molar-refractivity contribution in [1.29, 1.82) is 0 Å². The van der Waals surface area contributed by atoms with Crippen LogP contribution >= 0.6 is 0 Å². The minimum atomic E-state index is -3.79. The maximum absolute atomic E-state index is 13.9. The maximum Gasteiger partial charge on any atom is 0.256 e. The molecule has 51 heavy (non-hydrogen) atoms. The molecule has 0 saturated carbocycles. The molecule has 4 rings (SSSR count). The van der Waals surface area contributed by atoms with Crippen LogP contribution in [0.4, 0.5) is 10.1 Å². The van der Waals surface area contributed by atoms with Gasteiger partial charge in [0.2, 0.25) is 10.0 Å². The first-order valence-corrected chi connectivity index (χ1v) is 18.0. The van der Waals surface area contributed by atoms with Crippen LogP contribution in [0, 0.1) is 5.82 Å². The smallest absolute Gasteiger partial charge is 0.256 e. The normalized spacial score (nSPS) is 13.2. The Balaban J connectivity index is 1.61. The molecular weight excluding hydrogens is 679 g/mol. The molecule has 0 unspecified atom stereocenters. The molecule has 3 aromatic carbocycles. The molecule has 0 aliphatic heterocycles. The number of benzene rings is 3. The Morgan fingerprint density at radius 3 is 2.20 bits per heavy atom. The second kappa shape index (κ2) is 17.2. The van der Waals surface area contributed by atoms with Crippen LogP contribution in [-0.4, -0.2) is 98.7 Å². The van der Waals surface area contributed by atoms with Crippen LogP contribution in [0.2, 0.25) is 0 Å². The van der Waals surface area contributed by atoms with Crippen LogP contribution in [0.3, 0.4) is 0 Å². The third-order valence-electron chi connectivity index (χ3n) is 8.33. The second-order valence-electron chi connectivity index (χ2n) is 12.3. The zero-order valence-electron chi connectivity index (χ0n) is 29.1. The van der Waals surface area contributed by atoms with Crippen molar-refractivity contribution in [3.63, 3.8) is 0 Å². The van der Waals surface area contributed by atoms with Crippen molar-refractivity contribution in [3.05, 3.63) is 119 Å². The molecule has 0 bridgehead atoms. The Hall–Kier alpha value is -5.12. The number of aliphatic hydroxyl groups excluding tert-OH is 1. The minimum Gasteiger partial charge on any atom is -0.389 e. The van der Waals surface area contributed by atoms with Crippen molar-refractivity contribution in [2.45, 2.75) is 38.1 Å². The second-order valence-corrected chi connectivity index (χ2v) is 14.3. The Kier molecular flexibility index (Phi) is 13.0. The first-order valence-electron chi connectivity index (χ1n) is 16.1. The van der Waals surface area contributed by atoms with Crippen LogP contribution in [0.15, 0.2) is 85.2 Å². The number of hydrogen-bond acceptors (Lipinski definition) is 8. The number of hydrogen-bond donors (Lipinski definition) is 3. The molecule has 0 aliphatic rings. The molecule has 1 heterocycles. The van der Waals surface area contributed by atoms with Crippen LogP contribution in [0.5, 0.6) is 0 Å². The van der Waals surface area contributed by atoms with E-state index in [1.54, 1.807) is 21.1 Å². The van der Waals surface area contributed by atoms with Gasteiger partial charge in [-0.3, -0.25) is 23.4 Å².